The lowest BCUT2D eigenvalue weighted by atomic mass is 10.4. The fraction of sp³-hybridized carbons (Fsp3) is 0.100. The van der Waals surface area contributed by atoms with Gasteiger partial charge in [-0.2, -0.15) is 0 Å². The highest BCUT2D eigenvalue weighted by Crippen LogP contribution is 2.63. The molecule has 0 aromatic heterocycles. The van der Waals surface area contributed by atoms with Gasteiger partial charge in [0.05, 0.1) is 0 Å². The van der Waals surface area contributed by atoms with Gasteiger partial charge in [-0.3, -0.25) is 0 Å². The summed E-state index contributed by atoms with van der Waals surface area (Å²) in [6.45, 7) is -2.79. The van der Waals surface area contributed by atoms with E-state index in [4.69, 9.17) is 11.2 Å². The molecule has 0 radical (unpaired) electrons. The molecular formula is C20H21ClO2P2+2. The third kappa shape index (κ3) is 4.29. The second-order valence-corrected chi connectivity index (χ2v) is 12.9. The van der Waals surface area contributed by atoms with Gasteiger partial charge >= 0.3 is 0 Å². The first-order chi connectivity index (χ1) is 12.0. The lowest BCUT2D eigenvalue weighted by molar-refractivity contribution is 0.615. The molecule has 5 heteroatoms. The molecule has 25 heavy (non-hydrogen) atoms. The summed E-state index contributed by atoms with van der Waals surface area (Å²) in [5, 5.41) is 2.57. The van der Waals surface area contributed by atoms with Gasteiger partial charge in [0.25, 0.3) is 6.84 Å². The summed E-state index contributed by atoms with van der Waals surface area (Å²) < 4.78 is 0. The third-order valence-electron chi connectivity index (χ3n) is 4.24. The van der Waals surface area contributed by atoms with E-state index >= 15 is 0 Å². The minimum atomic E-state index is -2.79. The Morgan fingerprint density at radius 1 is 0.560 bits per heavy atom. The quantitative estimate of drug-likeness (QED) is 0.625. The van der Waals surface area contributed by atoms with Crippen LogP contribution in [0.5, 0.6) is 0 Å². The Kier molecular flexibility index (Phi) is 5.89. The van der Waals surface area contributed by atoms with Gasteiger partial charge in [0, 0.05) is 0 Å². The Labute approximate surface area is 154 Å². The molecule has 0 aliphatic rings. The number of hydrogen-bond donors (Lipinski definition) is 2. The normalized spacial score (nSPS) is 14.0. The van der Waals surface area contributed by atoms with Gasteiger partial charge in [-0.25, -0.2) is 9.79 Å². The molecule has 2 N–H and O–H groups in total. The van der Waals surface area contributed by atoms with Crippen LogP contribution in [0.3, 0.4) is 0 Å². The predicted octanol–water partition coefficient (Wildman–Crippen LogP) is 3.97. The highest BCUT2D eigenvalue weighted by Gasteiger charge is 2.47. The average molecular weight is 391 g/mol. The van der Waals surface area contributed by atoms with E-state index in [9.17, 15) is 9.79 Å². The SMILES string of the molecule is O[P+](Cl)(CC[P+](O)(c1ccccc1)c1ccccc1)c1ccccc1. The van der Waals surface area contributed by atoms with Crippen LogP contribution in [0.25, 0.3) is 0 Å². The molecule has 0 aliphatic heterocycles. The van der Waals surface area contributed by atoms with E-state index < -0.39 is 14.3 Å². The molecular weight excluding hydrogens is 370 g/mol. The number of rotatable bonds is 6. The topological polar surface area (TPSA) is 40.5 Å². The van der Waals surface area contributed by atoms with Gasteiger partial charge in [0.1, 0.15) is 39.5 Å². The van der Waals surface area contributed by atoms with Gasteiger partial charge in [-0.05, 0) is 36.4 Å². The molecule has 0 bridgehead atoms. The Morgan fingerprint density at radius 2 is 0.920 bits per heavy atom. The summed E-state index contributed by atoms with van der Waals surface area (Å²) in [6.07, 6.45) is 0.816. The van der Waals surface area contributed by atoms with E-state index in [0.717, 1.165) is 15.9 Å². The Hall–Kier alpha value is -1.27. The van der Waals surface area contributed by atoms with Gasteiger partial charge in [0.15, 0.2) is 0 Å². The van der Waals surface area contributed by atoms with E-state index in [1.54, 1.807) is 0 Å². The van der Waals surface area contributed by atoms with Crippen LogP contribution in [-0.2, 0) is 0 Å². The number of halogens is 1. The molecule has 0 aliphatic carbocycles. The molecule has 2 nitrogen and oxygen atoms in total. The highest BCUT2D eigenvalue weighted by molar-refractivity contribution is 8.00. The summed E-state index contributed by atoms with van der Waals surface area (Å²) in [5.41, 5.74) is 0. The molecule has 0 fully saturated rings. The fourth-order valence-electron chi connectivity index (χ4n) is 2.82. The van der Waals surface area contributed by atoms with Crippen molar-refractivity contribution < 1.29 is 9.79 Å². The maximum atomic E-state index is 11.6. The van der Waals surface area contributed by atoms with Crippen molar-refractivity contribution in [1.29, 1.82) is 0 Å². The molecule has 0 spiro atoms. The molecule has 1 unspecified atom stereocenters. The zero-order valence-corrected chi connectivity index (χ0v) is 16.3. The van der Waals surface area contributed by atoms with Gasteiger partial charge in [0.2, 0.25) is 7.49 Å². The lowest BCUT2D eigenvalue weighted by Gasteiger charge is -2.21. The maximum absolute atomic E-state index is 11.6. The summed E-state index contributed by atoms with van der Waals surface area (Å²) in [6, 6.07) is 28.8. The average Bonchev–Trinajstić information content (AvgIpc) is 2.68. The molecule has 0 amide bonds. The van der Waals surface area contributed by atoms with Crippen LogP contribution >= 0.6 is 25.6 Å². The molecule has 3 aromatic carbocycles. The minimum Gasteiger partial charge on any atom is -0.241 e. The second-order valence-electron chi connectivity index (χ2n) is 5.90. The zero-order chi connectivity index (χ0) is 17.8. The van der Waals surface area contributed by atoms with Crippen molar-refractivity contribution in [1.82, 2.24) is 0 Å². The van der Waals surface area contributed by atoms with Crippen molar-refractivity contribution in [3.8, 4) is 0 Å². The first-order valence-electron chi connectivity index (χ1n) is 8.10. The van der Waals surface area contributed by atoms with Crippen LogP contribution in [0, 0.1) is 0 Å². The van der Waals surface area contributed by atoms with Crippen molar-refractivity contribution in [2.75, 3.05) is 12.3 Å². The predicted molar refractivity (Wildman–Crippen MR) is 112 cm³/mol. The van der Waals surface area contributed by atoms with Crippen LogP contribution in [0.4, 0.5) is 0 Å². The van der Waals surface area contributed by atoms with E-state index in [1.165, 1.54) is 0 Å². The van der Waals surface area contributed by atoms with Crippen molar-refractivity contribution in [3.63, 3.8) is 0 Å². The van der Waals surface area contributed by atoms with E-state index in [-0.39, 0.29) is 0 Å². The maximum Gasteiger partial charge on any atom is 0.275 e. The van der Waals surface area contributed by atoms with Crippen molar-refractivity contribution in [3.05, 3.63) is 91.0 Å². The Bertz CT molecular complexity index is 756. The van der Waals surface area contributed by atoms with Gasteiger partial charge in [-0.1, -0.05) is 54.6 Å². The largest absolute Gasteiger partial charge is 0.275 e. The van der Waals surface area contributed by atoms with Gasteiger partial charge < -0.3 is 0 Å². The summed E-state index contributed by atoms with van der Waals surface area (Å²) in [4.78, 5) is 22.4. The molecule has 128 valence electrons. The van der Waals surface area contributed by atoms with Crippen molar-refractivity contribution in [2.45, 2.75) is 0 Å². The second kappa shape index (κ2) is 7.96. The first kappa shape index (κ1) is 18.5. The van der Waals surface area contributed by atoms with E-state index in [2.05, 4.69) is 0 Å². The number of hydrogen-bond acceptors (Lipinski definition) is 2. The van der Waals surface area contributed by atoms with Crippen LogP contribution in [0.15, 0.2) is 91.0 Å². The zero-order valence-electron chi connectivity index (χ0n) is 13.7. The summed E-state index contributed by atoms with van der Waals surface area (Å²) >= 11 is 6.52. The molecule has 3 rings (SSSR count). The van der Waals surface area contributed by atoms with Crippen molar-refractivity contribution in [2.24, 2.45) is 0 Å². The molecule has 1 atom stereocenters. The van der Waals surface area contributed by atoms with E-state index in [1.807, 2.05) is 91.0 Å². The standard InChI is InChI=1S/C20H21ClO2P2/c21-25(23,20-14-8-3-9-15-20)17-16-24(22,18-10-4-1-5-11-18)19-12-6-2-7-13-19/h1-15,22-23H,16-17H2/q+2. The monoisotopic (exact) mass is 390 g/mol. The Morgan fingerprint density at radius 3 is 1.32 bits per heavy atom. The van der Waals surface area contributed by atoms with Crippen LogP contribution in [0.2, 0.25) is 0 Å². The smallest absolute Gasteiger partial charge is 0.241 e. The van der Waals surface area contributed by atoms with E-state index in [0.29, 0.717) is 12.3 Å². The van der Waals surface area contributed by atoms with Crippen LogP contribution in [0.1, 0.15) is 0 Å². The van der Waals surface area contributed by atoms with Crippen molar-refractivity contribution >= 4 is 41.5 Å². The minimum absolute atomic E-state index is 0.368. The third-order valence-corrected chi connectivity index (χ3v) is 10.8. The van der Waals surface area contributed by atoms with Crippen LogP contribution < -0.4 is 15.9 Å². The fourth-order valence-corrected chi connectivity index (χ4v) is 9.09. The molecule has 0 saturated carbocycles. The highest BCUT2D eigenvalue weighted by atomic mass is 35.7. The first-order valence-corrected chi connectivity index (χ1v) is 12.9. The summed E-state index contributed by atoms with van der Waals surface area (Å²) in [5.74, 6) is 0. The summed E-state index contributed by atoms with van der Waals surface area (Å²) in [7, 11) is -2.61. The Balaban J connectivity index is 1.92. The molecule has 0 heterocycles. The van der Waals surface area contributed by atoms with Gasteiger partial charge in [-0.15, -0.1) is 0 Å². The molecule has 3 aromatic rings. The number of benzene rings is 3. The van der Waals surface area contributed by atoms with Crippen LogP contribution in [-0.4, -0.2) is 22.1 Å². The lowest BCUT2D eigenvalue weighted by Crippen LogP contribution is -2.26. The molecule has 0 saturated heterocycles.